The maximum absolute atomic E-state index is 12.4. The Morgan fingerprint density at radius 3 is 2.50 bits per heavy atom. The third-order valence-electron chi connectivity index (χ3n) is 6.70. The number of aliphatic hydroxyl groups excluding tert-OH is 3. The van der Waals surface area contributed by atoms with Crippen LogP contribution < -0.4 is 0 Å². The van der Waals surface area contributed by atoms with Crippen molar-refractivity contribution >= 4 is 11.9 Å². The zero-order valence-electron chi connectivity index (χ0n) is 16.4. The van der Waals surface area contributed by atoms with Gasteiger partial charge >= 0.3 is 11.9 Å². The lowest BCUT2D eigenvalue weighted by molar-refractivity contribution is -0.159. The highest BCUT2D eigenvalue weighted by atomic mass is 16.6. The number of rotatable bonds is 6. The van der Waals surface area contributed by atoms with Gasteiger partial charge in [-0.2, -0.15) is 0 Å². The predicted octanol–water partition coefficient (Wildman–Crippen LogP) is 2.01. The van der Waals surface area contributed by atoms with Crippen LogP contribution in [0.2, 0.25) is 0 Å². The van der Waals surface area contributed by atoms with Gasteiger partial charge < -0.3 is 29.5 Å². The number of cyclic esters (lactones) is 1. The summed E-state index contributed by atoms with van der Waals surface area (Å²) in [6, 6.07) is 0. The summed E-state index contributed by atoms with van der Waals surface area (Å²) in [7, 11) is 1.77. The minimum absolute atomic E-state index is 0.242. The van der Waals surface area contributed by atoms with E-state index < -0.39 is 42.3 Å². The summed E-state index contributed by atoms with van der Waals surface area (Å²) < 4.78 is 15.4. The van der Waals surface area contributed by atoms with Crippen molar-refractivity contribution in [3.8, 4) is 0 Å². The molecule has 0 spiro atoms. The molecular formula is C20H30O8. The van der Waals surface area contributed by atoms with Crippen LogP contribution in [0.15, 0.2) is 11.5 Å². The van der Waals surface area contributed by atoms with Crippen LogP contribution in [0.1, 0.15) is 45.4 Å². The summed E-state index contributed by atoms with van der Waals surface area (Å²) in [6.07, 6.45) is 3.85. The third-order valence-corrected chi connectivity index (χ3v) is 6.70. The van der Waals surface area contributed by atoms with E-state index in [9.17, 15) is 24.9 Å². The lowest BCUT2D eigenvalue weighted by Gasteiger charge is -2.42. The lowest BCUT2D eigenvalue weighted by atomic mass is 9.64. The fourth-order valence-electron chi connectivity index (χ4n) is 4.86. The van der Waals surface area contributed by atoms with Crippen LogP contribution in [-0.4, -0.2) is 59.3 Å². The number of aliphatic hydroxyl groups is 3. The molecule has 0 aromatic heterocycles. The Morgan fingerprint density at radius 1 is 1.18 bits per heavy atom. The molecule has 158 valence electrons. The summed E-state index contributed by atoms with van der Waals surface area (Å²) in [6.45, 7) is 1.42. The van der Waals surface area contributed by atoms with Gasteiger partial charge in [0.25, 0.3) is 0 Å². The largest absolute Gasteiger partial charge is 0.505 e. The molecule has 7 atom stereocenters. The van der Waals surface area contributed by atoms with Crippen LogP contribution in [0.5, 0.6) is 0 Å². The van der Waals surface area contributed by atoms with Gasteiger partial charge in [0.15, 0.2) is 11.9 Å². The number of carbonyl (C=O) groups excluding carboxylic acids is 2. The molecule has 0 amide bonds. The van der Waals surface area contributed by atoms with Crippen LogP contribution >= 0.6 is 0 Å². The number of methoxy groups -OCH3 is 1. The average molecular weight is 398 g/mol. The molecule has 8 nitrogen and oxygen atoms in total. The summed E-state index contributed by atoms with van der Waals surface area (Å²) in [5.41, 5.74) is 0. The van der Waals surface area contributed by atoms with Crippen molar-refractivity contribution in [2.24, 2.45) is 23.7 Å². The molecule has 3 rings (SSSR count). The maximum atomic E-state index is 12.4. The van der Waals surface area contributed by atoms with Gasteiger partial charge in [0.05, 0.1) is 12.0 Å². The van der Waals surface area contributed by atoms with E-state index in [2.05, 4.69) is 4.74 Å². The molecule has 3 N–H and O–H groups in total. The molecule has 4 unspecified atom stereocenters. The average Bonchev–Trinajstić information content (AvgIpc) is 2.97. The SMILES string of the molecule is COC1CCC2CC([C@H](C)C(=O)OC[C@H](O)[C@H]3OC(=O)C(O)=C3O)CCC2C1. The molecule has 0 radical (unpaired) electrons. The topological polar surface area (TPSA) is 123 Å². The Bertz CT molecular complexity index is 630. The number of carbonyl (C=O) groups is 2. The molecule has 2 saturated carbocycles. The van der Waals surface area contributed by atoms with E-state index in [1.54, 1.807) is 7.11 Å². The van der Waals surface area contributed by atoms with Crippen molar-refractivity contribution in [2.75, 3.05) is 13.7 Å². The molecule has 2 aliphatic carbocycles. The smallest absolute Gasteiger partial charge is 0.377 e. The van der Waals surface area contributed by atoms with Crippen LogP contribution in [0, 0.1) is 23.7 Å². The Hall–Kier alpha value is -1.80. The predicted molar refractivity (Wildman–Crippen MR) is 97.3 cm³/mol. The molecule has 0 bridgehead atoms. The zero-order valence-corrected chi connectivity index (χ0v) is 16.4. The first kappa shape index (κ1) is 20.9. The zero-order chi connectivity index (χ0) is 20.4. The molecule has 28 heavy (non-hydrogen) atoms. The van der Waals surface area contributed by atoms with Gasteiger partial charge in [0.1, 0.15) is 12.7 Å². The Balaban J connectivity index is 1.47. The van der Waals surface area contributed by atoms with E-state index in [4.69, 9.17) is 9.47 Å². The van der Waals surface area contributed by atoms with Crippen molar-refractivity contribution in [1.82, 2.24) is 0 Å². The summed E-state index contributed by atoms with van der Waals surface area (Å²) in [4.78, 5) is 23.6. The molecule has 8 heteroatoms. The van der Waals surface area contributed by atoms with Crippen LogP contribution in [0.25, 0.3) is 0 Å². The maximum Gasteiger partial charge on any atom is 0.377 e. The van der Waals surface area contributed by atoms with Crippen molar-refractivity contribution in [2.45, 2.75) is 63.8 Å². The van der Waals surface area contributed by atoms with E-state index in [0.29, 0.717) is 17.9 Å². The monoisotopic (exact) mass is 398 g/mol. The number of ether oxygens (including phenoxy) is 3. The van der Waals surface area contributed by atoms with Gasteiger partial charge in [-0.25, -0.2) is 4.79 Å². The first-order chi connectivity index (χ1) is 13.3. The second-order valence-electron chi connectivity index (χ2n) is 8.31. The molecule has 0 aromatic rings. The fourth-order valence-corrected chi connectivity index (χ4v) is 4.86. The first-order valence-corrected chi connectivity index (χ1v) is 10.0. The van der Waals surface area contributed by atoms with Gasteiger partial charge in [-0.3, -0.25) is 4.79 Å². The summed E-state index contributed by atoms with van der Waals surface area (Å²) in [5, 5.41) is 28.9. The Labute approximate surface area is 164 Å². The number of hydrogen-bond acceptors (Lipinski definition) is 8. The highest BCUT2D eigenvalue weighted by Crippen LogP contribution is 2.45. The van der Waals surface area contributed by atoms with Gasteiger partial charge in [0.2, 0.25) is 5.76 Å². The molecule has 1 heterocycles. The van der Waals surface area contributed by atoms with E-state index in [0.717, 1.165) is 38.5 Å². The van der Waals surface area contributed by atoms with Gasteiger partial charge in [-0.15, -0.1) is 0 Å². The normalized spacial score (nSPS) is 35.1. The van der Waals surface area contributed by atoms with Gasteiger partial charge in [0, 0.05) is 7.11 Å². The molecular weight excluding hydrogens is 368 g/mol. The van der Waals surface area contributed by atoms with E-state index in [1.165, 1.54) is 0 Å². The Kier molecular flexibility index (Phi) is 6.50. The van der Waals surface area contributed by atoms with E-state index in [1.807, 2.05) is 6.92 Å². The summed E-state index contributed by atoms with van der Waals surface area (Å²) in [5.74, 6) is -1.96. The molecule has 0 aromatic carbocycles. The van der Waals surface area contributed by atoms with Gasteiger partial charge in [-0.05, 0) is 56.3 Å². The molecule has 2 fully saturated rings. The first-order valence-electron chi connectivity index (χ1n) is 10.0. The minimum Gasteiger partial charge on any atom is -0.505 e. The van der Waals surface area contributed by atoms with Gasteiger partial charge in [-0.1, -0.05) is 6.92 Å². The molecule has 1 aliphatic heterocycles. The molecule has 3 aliphatic rings. The van der Waals surface area contributed by atoms with E-state index in [-0.39, 0.29) is 11.8 Å². The van der Waals surface area contributed by atoms with Crippen LogP contribution in [-0.2, 0) is 23.8 Å². The second kappa shape index (κ2) is 8.69. The number of fused-ring (bicyclic) bond motifs is 1. The van der Waals surface area contributed by atoms with Crippen molar-refractivity contribution in [3.63, 3.8) is 0 Å². The number of esters is 2. The lowest BCUT2D eigenvalue weighted by Crippen LogP contribution is -2.38. The van der Waals surface area contributed by atoms with Crippen molar-refractivity contribution < 1.29 is 39.1 Å². The number of hydrogen-bond donors (Lipinski definition) is 3. The van der Waals surface area contributed by atoms with E-state index >= 15 is 0 Å². The quantitative estimate of drug-likeness (QED) is 0.581. The molecule has 0 saturated heterocycles. The fraction of sp³-hybridized carbons (Fsp3) is 0.800. The third kappa shape index (κ3) is 4.27. The summed E-state index contributed by atoms with van der Waals surface area (Å²) >= 11 is 0. The van der Waals surface area contributed by atoms with Crippen LogP contribution in [0.3, 0.4) is 0 Å². The second-order valence-corrected chi connectivity index (χ2v) is 8.31. The van der Waals surface area contributed by atoms with Crippen molar-refractivity contribution in [1.29, 1.82) is 0 Å². The van der Waals surface area contributed by atoms with Crippen molar-refractivity contribution in [3.05, 3.63) is 11.5 Å². The standard InChI is InChI=1S/C20H30O8/c1-10(11-3-4-13-8-14(26-2)6-5-12(13)7-11)19(24)27-9-15(21)18-16(22)17(23)20(25)28-18/h10-15,18,21-23H,3-9H2,1-2H3/t10-,11?,12?,13?,14?,15-,18+/m0/s1. The van der Waals surface area contributed by atoms with Crippen LogP contribution in [0.4, 0.5) is 0 Å². The highest BCUT2D eigenvalue weighted by Gasteiger charge is 2.41. The highest BCUT2D eigenvalue weighted by molar-refractivity contribution is 5.89. The minimum atomic E-state index is -1.44. The Morgan fingerprint density at radius 2 is 1.86 bits per heavy atom.